The predicted molar refractivity (Wildman–Crippen MR) is 168 cm³/mol. The fourth-order valence-electron chi connectivity index (χ4n) is 5.70. The molecule has 0 unspecified atom stereocenters. The third-order valence-corrected chi connectivity index (χ3v) is 7.92. The molecule has 5 atom stereocenters. The number of ether oxygens (including phenoxy) is 6. The van der Waals surface area contributed by atoms with Gasteiger partial charge in [-0.25, -0.2) is 0 Å². The summed E-state index contributed by atoms with van der Waals surface area (Å²) in [6.45, 7) is 2.42. The molecular weight excluding hydrogens is 552 g/mol. The van der Waals surface area contributed by atoms with Gasteiger partial charge in [0, 0.05) is 0 Å². The van der Waals surface area contributed by atoms with Gasteiger partial charge in [-0.1, -0.05) is 127 Å². The van der Waals surface area contributed by atoms with Crippen molar-refractivity contribution in [2.24, 2.45) is 0 Å². The minimum absolute atomic E-state index is 0.296. The molecule has 4 aromatic rings. The average Bonchev–Trinajstić information content (AvgIpc) is 3.09. The molecule has 2 aliphatic rings. The van der Waals surface area contributed by atoms with Crippen LogP contribution in [0.5, 0.6) is 0 Å². The van der Waals surface area contributed by atoms with Gasteiger partial charge in [0.2, 0.25) is 5.79 Å². The molecule has 228 valence electrons. The van der Waals surface area contributed by atoms with E-state index < -0.39 is 30.2 Å². The summed E-state index contributed by atoms with van der Waals surface area (Å²) in [7, 11) is 0. The van der Waals surface area contributed by atoms with E-state index in [4.69, 9.17) is 28.4 Å². The molecule has 6 heteroatoms. The summed E-state index contributed by atoms with van der Waals surface area (Å²) in [4.78, 5) is 0. The molecule has 1 fully saturated rings. The number of hydrogen-bond acceptors (Lipinski definition) is 6. The van der Waals surface area contributed by atoms with Gasteiger partial charge in [-0.15, -0.1) is 0 Å². The summed E-state index contributed by atoms with van der Waals surface area (Å²) in [6.07, 6.45) is 2.78. The molecule has 6 nitrogen and oxygen atoms in total. The van der Waals surface area contributed by atoms with Gasteiger partial charge in [0.25, 0.3) is 0 Å². The first kappa shape index (κ1) is 30.4. The Bertz CT molecular complexity index is 1420. The highest BCUT2D eigenvalue weighted by Gasteiger charge is 2.57. The Kier molecular flexibility index (Phi) is 10.6. The van der Waals surface area contributed by atoms with Crippen LogP contribution in [0.4, 0.5) is 0 Å². The van der Waals surface area contributed by atoms with Crippen LogP contribution in [0.15, 0.2) is 133 Å². The highest BCUT2D eigenvalue weighted by Crippen LogP contribution is 2.40. The fraction of sp³-hybridized carbons (Fsp3) is 0.316. The van der Waals surface area contributed by atoms with Crippen molar-refractivity contribution < 1.29 is 28.4 Å². The standard InChI is InChI=1S/C38H40O6/c1-5-15-30(16-6-1)25-39-29-34-35(40-26-31-17-7-2-8-18-31)36(41-27-32-19-9-3-10-20-32)37(38(44-34)23-13-14-24-43-38)42-28-33-21-11-4-12-22-33/h1-13,15-23,34-37H,14,24-29H2/t34-,35-,36+,37+,38+/m1/s1. The molecule has 1 spiro atoms. The largest absolute Gasteiger partial charge is 0.374 e. The molecule has 0 saturated carbocycles. The van der Waals surface area contributed by atoms with Crippen molar-refractivity contribution in [3.05, 3.63) is 156 Å². The molecule has 0 bridgehead atoms. The van der Waals surface area contributed by atoms with E-state index in [9.17, 15) is 0 Å². The van der Waals surface area contributed by atoms with Crippen LogP contribution in [0, 0.1) is 0 Å². The van der Waals surface area contributed by atoms with Gasteiger partial charge >= 0.3 is 0 Å². The van der Waals surface area contributed by atoms with Gasteiger partial charge in [0.05, 0.1) is 39.6 Å². The second-order valence-electron chi connectivity index (χ2n) is 11.2. The van der Waals surface area contributed by atoms with Crippen LogP contribution in [-0.4, -0.2) is 43.4 Å². The van der Waals surface area contributed by atoms with Crippen LogP contribution in [-0.2, 0) is 54.8 Å². The van der Waals surface area contributed by atoms with E-state index in [1.165, 1.54) is 0 Å². The summed E-state index contributed by atoms with van der Waals surface area (Å²) in [6, 6.07) is 40.6. The molecule has 0 N–H and O–H groups in total. The van der Waals surface area contributed by atoms with Crippen molar-refractivity contribution in [1.82, 2.24) is 0 Å². The zero-order valence-corrected chi connectivity index (χ0v) is 24.9. The van der Waals surface area contributed by atoms with E-state index in [1.807, 2.05) is 78.9 Å². The van der Waals surface area contributed by atoms with Gasteiger partial charge in [-0.05, 0) is 34.8 Å². The lowest BCUT2D eigenvalue weighted by Crippen LogP contribution is -2.67. The van der Waals surface area contributed by atoms with Crippen molar-refractivity contribution in [2.45, 2.75) is 63.1 Å². The lowest BCUT2D eigenvalue weighted by molar-refractivity contribution is -0.365. The second kappa shape index (κ2) is 15.4. The quantitative estimate of drug-likeness (QED) is 0.155. The van der Waals surface area contributed by atoms with Crippen molar-refractivity contribution in [2.75, 3.05) is 13.2 Å². The van der Waals surface area contributed by atoms with E-state index in [1.54, 1.807) is 0 Å². The summed E-state index contributed by atoms with van der Waals surface area (Å²) in [5.74, 6) is -1.15. The average molecular weight is 593 g/mol. The fourth-order valence-corrected chi connectivity index (χ4v) is 5.70. The summed E-state index contributed by atoms with van der Waals surface area (Å²) < 4.78 is 39.8. The predicted octanol–water partition coefficient (Wildman–Crippen LogP) is 7.03. The van der Waals surface area contributed by atoms with Crippen LogP contribution in [0.1, 0.15) is 28.7 Å². The van der Waals surface area contributed by atoms with Crippen LogP contribution >= 0.6 is 0 Å². The Hall–Kier alpha value is -3.62. The molecule has 6 rings (SSSR count). The van der Waals surface area contributed by atoms with Crippen molar-refractivity contribution >= 4 is 0 Å². The molecule has 2 aliphatic heterocycles. The minimum atomic E-state index is -1.15. The summed E-state index contributed by atoms with van der Waals surface area (Å²) >= 11 is 0. The van der Waals surface area contributed by atoms with Crippen molar-refractivity contribution in [3.8, 4) is 0 Å². The van der Waals surface area contributed by atoms with Gasteiger partial charge in [-0.3, -0.25) is 0 Å². The first-order valence-corrected chi connectivity index (χ1v) is 15.4. The van der Waals surface area contributed by atoms with E-state index >= 15 is 0 Å². The number of rotatable bonds is 13. The SMILES string of the molecule is C1=C[C@]2(OCC1)O[C@H](COCc1ccccc1)[C@@H](OCc1ccccc1)[C@H](OCc1ccccc1)[C@@H]2OCc1ccccc1. The molecule has 1 saturated heterocycles. The lowest BCUT2D eigenvalue weighted by Gasteiger charge is -2.52. The zero-order chi connectivity index (χ0) is 29.9. The monoisotopic (exact) mass is 592 g/mol. The van der Waals surface area contributed by atoms with Crippen molar-refractivity contribution in [3.63, 3.8) is 0 Å². The van der Waals surface area contributed by atoms with Crippen LogP contribution in [0.3, 0.4) is 0 Å². The van der Waals surface area contributed by atoms with Crippen molar-refractivity contribution in [1.29, 1.82) is 0 Å². The van der Waals surface area contributed by atoms with E-state index in [-0.39, 0.29) is 0 Å². The van der Waals surface area contributed by atoms with E-state index in [2.05, 4.69) is 54.6 Å². The Balaban J connectivity index is 1.32. The van der Waals surface area contributed by atoms with Gasteiger partial charge < -0.3 is 28.4 Å². The third kappa shape index (κ3) is 7.90. The Labute approximate surface area is 260 Å². The highest BCUT2D eigenvalue weighted by atomic mass is 16.7. The molecule has 0 aromatic heterocycles. The summed E-state index contributed by atoms with van der Waals surface area (Å²) in [5.41, 5.74) is 4.27. The molecule has 44 heavy (non-hydrogen) atoms. The maximum absolute atomic E-state index is 6.87. The molecule has 4 aromatic carbocycles. The maximum atomic E-state index is 6.87. The summed E-state index contributed by atoms with van der Waals surface area (Å²) in [5, 5.41) is 0. The molecule has 0 amide bonds. The van der Waals surface area contributed by atoms with E-state index in [0.717, 1.165) is 28.7 Å². The number of benzene rings is 4. The lowest BCUT2D eigenvalue weighted by atomic mass is 9.90. The first-order chi connectivity index (χ1) is 21.8. The Morgan fingerprint density at radius 1 is 0.568 bits per heavy atom. The van der Waals surface area contributed by atoms with Gasteiger partial charge in [0.1, 0.15) is 24.4 Å². The van der Waals surface area contributed by atoms with Crippen LogP contribution in [0.2, 0.25) is 0 Å². The van der Waals surface area contributed by atoms with Crippen LogP contribution < -0.4 is 0 Å². The van der Waals surface area contributed by atoms with Gasteiger partial charge in [0.15, 0.2) is 0 Å². The Morgan fingerprint density at radius 3 is 1.55 bits per heavy atom. The molecule has 0 radical (unpaired) electrons. The third-order valence-electron chi connectivity index (χ3n) is 7.92. The maximum Gasteiger partial charge on any atom is 0.218 e. The zero-order valence-electron chi connectivity index (χ0n) is 24.9. The smallest absolute Gasteiger partial charge is 0.218 e. The number of hydrogen-bond donors (Lipinski definition) is 0. The normalized spacial score (nSPS) is 24.8. The minimum Gasteiger partial charge on any atom is -0.374 e. The van der Waals surface area contributed by atoms with E-state index in [0.29, 0.717) is 39.6 Å². The molecule has 0 aliphatic carbocycles. The Morgan fingerprint density at radius 2 is 1.05 bits per heavy atom. The van der Waals surface area contributed by atoms with Gasteiger partial charge in [-0.2, -0.15) is 0 Å². The van der Waals surface area contributed by atoms with Crippen LogP contribution in [0.25, 0.3) is 0 Å². The topological polar surface area (TPSA) is 55.4 Å². The second-order valence-corrected chi connectivity index (χ2v) is 11.2. The molecular formula is C38H40O6. The highest BCUT2D eigenvalue weighted by molar-refractivity contribution is 5.18. The first-order valence-electron chi connectivity index (χ1n) is 15.4. The molecule has 2 heterocycles.